The molecule has 1 rings (SSSR count). The van der Waals surface area contributed by atoms with Crippen molar-refractivity contribution in [3.63, 3.8) is 0 Å². The molecule has 1 aromatic rings. The molecular weight excluding hydrogens is 263 g/mol. The Morgan fingerprint density at radius 1 is 1.62 bits per heavy atom. The highest BCUT2D eigenvalue weighted by molar-refractivity contribution is 9.08. The minimum atomic E-state index is -2.57. The lowest BCUT2D eigenvalue weighted by atomic mass is 10.2. The van der Waals surface area contributed by atoms with Gasteiger partial charge in [-0.25, -0.2) is 13.8 Å². The van der Waals surface area contributed by atoms with Gasteiger partial charge in [0.1, 0.15) is 5.15 Å². The van der Waals surface area contributed by atoms with Crippen LogP contribution in [0.3, 0.4) is 0 Å². The fourth-order valence-corrected chi connectivity index (χ4v) is 1.74. The van der Waals surface area contributed by atoms with E-state index in [2.05, 4.69) is 20.9 Å². The predicted molar refractivity (Wildman–Crippen MR) is 51.6 cm³/mol. The average molecular weight is 271 g/mol. The first-order valence-electron chi connectivity index (χ1n) is 3.56. The second-order valence-corrected chi connectivity index (χ2v) is 3.49. The van der Waals surface area contributed by atoms with Crippen LogP contribution in [-0.2, 0) is 5.33 Å². The zero-order valence-electron chi connectivity index (χ0n) is 6.82. The highest BCUT2D eigenvalue weighted by Crippen LogP contribution is 2.27. The Labute approximate surface area is 88.2 Å². The van der Waals surface area contributed by atoms with Crippen LogP contribution >= 0.6 is 27.5 Å². The van der Waals surface area contributed by atoms with Crippen LogP contribution in [-0.4, -0.2) is 4.98 Å². The third-order valence-corrected chi connectivity index (χ3v) is 2.49. The minimum Gasteiger partial charge on any atom is -0.239 e. The van der Waals surface area contributed by atoms with E-state index in [1.54, 1.807) is 6.92 Å². The molecule has 0 fully saturated rings. The van der Waals surface area contributed by atoms with Crippen LogP contribution in [0.1, 0.15) is 23.2 Å². The lowest BCUT2D eigenvalue weighted by molar-refractivity contribution is 0.151. The van der Waals surface area contributed by atoms with Gasteiger partial charge in [0.15, 0.2) is 0 Å². The van der Waals surface area contributed by atoms with Gasteiger partial charge >= 0.3 is 0 Å². The van der Waals surface area contributed by atoms with Crippen molar-refractivity contribution in [2.45, 2.75) is 18.7 Å². The number of aryl methyl sites for hydroxylation is 1. The van der Waals surface area contributed by atoms with Gasteiger partial charge in [-0.1, -0.05) is 27.5 Å². The third kappa shape index (κ3) is 2.38. The second-order valence-electron chi connectivity index (χ2n) is 2.57. The number of halogens is 4. The van der Waals surface area contributed by atoms with Gasteiger partial charge in [0.2, 0.25) is 0 Å². The van der Waals surface area contributed by atoms with E-state index >= 15 is 0 Å². The topological polar surface area (TPSA) is 12.9 Å². The monoisotopic (exact) mass is 269 g/mol. The Kier molecular flexibility index (Phi) is 3.62. The average Bonchev–Trinajstić information content (AvgIpc) is 2.07. The van der Waals surface area contributed by atoms with Gasteiger partial charge < -0.3 is 0 Å². The quantitative estimate of drug-likeness (QED) is 0.587. The van der Waals surface area contributed by atoms with Gasteiger partial charge in [-0.05, 0) is 18.6 Å². The molecule has 0 aliphatic heterocycles. The van der Waals surface area contributed by atoms with Crippen LogP contribution in [0.4, 0.5) is 8.78 Å². The Balaban J connectivity index is 3.20. The standard InChI is InChI=1S/C8H7BrClF2N/c1-4-2-5(8(11)12)7(10)13-6(4)3-9/h2,8H,3H2,1H3. The molecule has 0 aliphatic carbocycles. The van der Waals surface area contributed by atoms with Gasteiger partial charge in [0.05, 0.1) is 11.3 Å². The van der Waals surface area contributed by atoms with E-state index in [0.717, 1.165) is 5.56 Å². The molecule has 5 heteroatoms. The van der Waals surface area contributed by atoms with E-state index < -0.39 is 6.43 Å². The molecule has 1 heterocycles. The highest BCUT2D eigenvalue weighted by atomic mass is 79.9. The maximum Gasteiger partial charge on any atom is 0.266 e. The molecule has 1 aromatic heterocycles. The van der Waals surface area contributed by atoms with Crippen molar-refractivity contribution in [1.29, 1.82) is 0 Å². The van der Waals surface area contributed by atoms with Crippen LogP contribution in [0.25, 0.3) is 0 Å². The summed E-state index contributed by atoms with van der Waals surface area (Å²) in [6.45, 7) is 1.73. The zero-order chi connectivity index (χ0) is 10.0. The Morgan fingerprint density at radius 3 is 2.69 bits per heavy atom. The smallest absolute Gasteiger partial charge is 0.239 e. The van der Waals surface area contributed by atoms with E-state index in [0.29, 0.717) is 11.0 Å². The molecule has 0 N–H and O–H groups in total. The van der Waals surface area contributed by atoms with Crippen molar-refractivity contribution in [3.05, 3.63) is 28.0 Å². The minimum absolute atomic E-state index is 0.116. The normalized spacial score (nSPS) is 10.9. The molecule has 0 amide bonds. The van der Waals surface area contributed by atoms with Crippen LogP contribution in [0.5, 0.6) is 0 Å². The summed E-state index contributed by atoms with van der Waals surface area (Å²) >= 11 is 8.76. The summed E-state index contributed by atoms with van der Waals surface area (Å²) in [7, 11) is 0. The molecule has 0 saturated heterocycles. The van der Waals surface area contributed by atoms with Crippen LogP contribution in [0.2, 0.25) is 5.15 Å². The maximum atomic E-state index is 12.3. The van der Waals surface area contributed by atoms with Crippen LogP contribution in [0.15, 0.2) is 6.07 Å². The molecule has 72 valence electrons. The summed E-state index contributed by atoms with van der Waals surface area (Å²) in [6, 6.07) is 1.37. The molecule has 0 radical (unpaired) electrons. The predicted octanol–water partition coefficient (Wildman–Crippen LogP) is 3.88. The number of rotatable bonds is 2. The fourth-order valence-electron chi connectivity index (χ4n) is 0.936. The van der Waals surface area contributed by atoms with Crippen molar-refractivity contribution in [2.24, 2.45) is 0 Å². The summed E-state index contributed by atoms with van der Waals surface area (Å²) in [4.78, 5) is 3.85. The van der Waals surface area contributed by atoms with E-state index in [9.17, 15) is 8.78 Å². The lowest BCUT2D eigenvalue weighted by Gasteiger charge is -2.06. The number of pyridine rings is 1. The summed E-state index contributed by atoms with van der Waals surface area (Å²) in [5, 5.41) is 0.400. The fraction of sp³-hybridized carbons (Fsp3) is 0.375. The first kappa shape index (κ1) is 10.9. The molecule has 0 aliphatic rings. The molecule has 0 bridgehead atoms. The Bertz CT molecular complexity index is 317. The molecule has 0 aromatic carbocycles. The Morgan fingerprint density at radius 2 is 2.23 bits per heavy atom. The van der Waals surface area contributed by atoms with Gasteiger partial charge in [0, 0.05) is 5.33 Å². The lowest BCUT2D eigenvalue weighted by Crippen LogP contribution is -1.96. The third-order valence-electron chi connectivity index (χ3n) is 1.66. The van der Waals surface area contributed by atoms with E-state index in [1.165, 1.54) is 6.07 Å². The van der Waals surface area contributed by atoms with Crippen molar-refractivity contribution in [2.75, 3.05) is 0 Å². The van der Waals surface area contributed by atoms with Gasteiger partial charge in [0.25, 0.3) is 6.43 Å². The first-order chi connectivity index (χ1) is 6.06. The first-order valence-corrected chi connectivity index (χ1v) is 5.06. The van der Waals surface area contributed by atoms with Crippen LogP contribution < -0.4 is 0 Å². The molecule has 1 nitrogen and oxygen atoms in total. The summed E-state index contributed by atoms with van der Waals surface area (Å²) in [6.07, 6.45) is -2.57. The molecule has 0 unspecified atom stereocenters. The number of hydrogen-bond donors (Lipinski definition) is 0. The van der Waals surface area contributed by atoms with Gasteiger partial charge in [-0.15, -0.1) is 0 Å². The van der Waals surface area contributed by atoms with Crippen molar-refractivity contribution >= 4 is 27.5 Å². The summed E-state index contributed by atoms with van der Waals surface area (Å²) in [5.41, 5.74) is 1.20. The van der Waals surface area contributed by atoms with Crippen molar-refractivity contribution in [1.82, 2.24) is 4.98 Å². The highest BCUT2D eigenvalue weighted by Gasteiger charge is 2.14. The summed E-state index contributed by atoms with van der Waals surface area (Å²) < 4.78 is 24.6. The van der Waals surface area contributed by atoms with Gasteiger partial charge in [-0.3, -0.25) is 0 Å². The molecule has 0 spiro atoms. The summed E-state index contributed by atoms with van der Waals surface area (Å²) in [5.74, 6) is 0. The van der Waals surface area contributed by atoms with Gasteiger partial charge in [-0.2, -0.15) is 0 Å². The van der Waals surface area contributed by atoms with Crippen molar-refractivity contribution < 1.29 is 8.78 Å². The SMILES string of the molecule is Cc1cc(C(F)F)c(Cl)nc1CBr. The molecular formula is C8H7BrClF2N. The van der Waals surface area contributed by atoms with E-state index in [1.807, 2.05) is 0 Å². The number of nitrogens with zero attached hydrogens (tertiary/aromatic N) is 1. The molecule has 0 atom stereocenters. The maximum absolute atomic E-state index is 12.3. The van der Waals surface area contributed by atoms with E-state index in [4.69, 9.17) is 11.6 Å². The number of hydrogen-bond acceptors (Lipinski definition) is 1. The zero-order valence-corrected chi connectivity index (χ0v) is 9.16. The van der Waals surface area contributed by atoms with Crippen LogP contribution in [0, 0.1) is 6.92 Å². The van der Waals surface area contributed by atoms with E-state index in [-0.39, 0.29) is 10.7 Å². The largest absolute Gasteiger partial charge is 0.266 e. The molecule has 0 saturated carbocycles. The Hall–Kier alpha value is -0.220. The number of alkyl halides is 3. The molecule has 13 heavy (non-hydrogen) atoms. The number of aromatic nitrogens is 1. The van der Waals surface area contributed by atoms with Crippen molar-refractivity contribution in [3.8, 4) is 0 Å². The second kappa shape index (κ2) is 4.33.